The molecule has 2 rings (SSSR count). The molecule has 100 valence electrons. The lowest BCUT2D eigenvalue weighted by molar-refractivity contribution is 0.0946. The number of hydrogen-bond acceptors (Lipinski definition) is 5. The van der Waals surface area contributed by atoms with Crippen LogP contribution in [0.1, 0.15) is 22.1 Å². The Bertz CT molecular complexity index is 627. The molecule has 0 aliphatic carbocycles. The molecule has 0 saturated carbocycles. The number of nitrogens with zero attached hydrogens (tertiary/aromatic N) is 2. The normalized spacial score (nSPS) is 10.5. The minimum Gasteiger partial charge on any atom is -0.398 e. The number of anilines is 1. The first kappa shape index (κ1) is 12.9. The van der Waals surface area contributed by atoms with E-state index in [0.29, 0.717) is 5.82 Å². The predicted molar refractivity (Wildman–Crippen MR) is 61.0 cm³/mol. The van der Waals surface area contributed by atoms with Gasteiger partial charge in [0.05, 0.1) is 12.1 Å². The summed E-state index contributed by atoms with van der Waals surface area (Å²) in [5, 5.41) is 5.95. The number of amides is 1. The Hall–Kier alpha value is -2.51. The first-order valence-corrected chi connectivity index (χ1v) is 5.29. The SMILES string of the molecule is Cc1noc(CNC(=O)c2cc(F)c(F)cc2N)n1. The summed E-state index contributed by atoms with van der Waals surface area (Å²) in [6.45, 7) is 1.60. The average molecular weight is 268 g/mol. The highest BCUT2D eigenvalue weighted by Crippen LogP contribution is 2.16. The molecule has 0 atom stereocenters. The fourth-order valence-electron chi connectivity index (χ4n) is 1.42. The maximum atomic E-state index is 13.0. The maximum absolute atomic E-state index is 13.0. The number of nitrogen functional groups attached to an aromatic ring is 1. The van der Waals surface area contributed by atoms with Crippen LogP contribution in [-0.2, 0) is 6.54 Å². The van der Waals surface area contributed by atoms with Gasteiger partial charge in [-0.05, 0) is 13.0 Å². The van der Waals surface area contributed by atoms with E-state index in [9.17, 15) is 13.6 Å². The van der Waals surface area contributed by atoms with Crippen LogP contribution in [0.25, 0.3) is 0 Å². The summed E-state index contributed by atoms with van der Waals surface area (Å²) >= 11 is 0. The van der Waals surface area contributed by atoms with Crippen molar-refractivity contribution in [2.24, 2.45) is 0 Å². The lowest BCUT2D eigenvalue weighted by Gasteiger charge is -2.06. The van der Waals surface area contributed by atoms with E-state index in [2.05, 4.69) is 15.5 Å². The van der Waals surface area contributed by atoms with Crippen molar-refractivity contribution in [2.45, 2.75) is 13.5 Å². The fraction of sp³-hybridized carbons (Fsp3) is 0.182. The Kier molecular flexibility index (Phi) is 3.41. The Morgan fingerprint density at radius 3 is 2.74 bits per heavy atom. The molecule has 1 amide bonds. The molecule has 3 N–H and O–H groups in total. The van der Waals surface area contributed by atoms with Crippen molar-refractivity contribution in [2.75, 3.05) is 5.73 Å². The topological polar surface area (TPSA) is 94.0 Å². The standard InChI is InChI=1S/C11H10F2N4O2/c1-5-16-10(19-17-5)4-15-11(18)6-2-7(12)8(13)3-9(6)14/h2-3H,4,14H2,1H3,(H,15,18). The summed E-state index contributed by atoms with van der Waals surface area (Å²) in [7, 11) is 0. The minimum atomic E-state index is -1.15. The third-order valence-corrected chi connectivity index (χ3v) is 2.31. The largest absolute Gasteiger partial charge is 0.398 e. The molecule has 1 heterocycles. The number of nitrogens with one attached hydrogen (secondary N) is 1. The molecule has 6 nitrogen and oxygen atoms in total. The third kappa shape index (κ3) is 2.84. The summed E-state index contributed by atoms with van der Waals surface area (Å²) < 4.78 is 30.7. The summed E-state index contributed by atoms with van der Waals surface area (Å²) in [4.78, 5) is 15.6. The second kappa shape index (κ2) is 5.01. The van der Waals surface area contributed by atoms with Gasteiger partial charge in [0.1, 0.15) is 0 Å². The van der Waals surface area contributed by atoms with Crippen LogP contribution < -0.4 is 11.1 Å². The Morgan fingerprint density at radius 1 is 1.42 bits per heavy atom. The highest BCUT2D eigenvalue weighted by atomic mass is 19.2. The summed E-state index contributed by atoms with van der Waals surface area (Å²) in [5.41, 5.74) is 5.13. The predicted octanol–water partition coefficient (Wildman–Crippen LogP) is 1.17. The number of benzene rings is 1. The van der Waals surface area contributed by atoms with Gasteiger partial charge in [-0.1, -0.05) is 5.16 Å². The van der Waals surface area contributed by atoms with E-state index in [4.69, 9.17) is 10.3 Å². The van der Waals surface area contributed by atoms with E-state index >= 15 is 0 Å². The molecule has 0 radical (unpaired) electrons. The fourth-order valence-corrected chi connectivity index (χ4v) is 1.42. The van der Waals surface area contributed by atoms with Gasteiger partial charge in [-0.3, -0.25) is 4.79 Å². The zero-order chi connectivity index (χ0) is 14.0. The zero-order valence-electron chi connectivity index (χ0n) is 9.91. The molecule has 0 saturated heterocycles. The molecule has 1 aromatic carbocycles. The molecule has 0 aliphatic rings. The van der Waals surface area contributed by atoms with E-state index in [0.717, 1.165) is 12.1 Å². The summed E-state index contributed by atoms with van der Waals surface area (Å²) in [6, 6.07) is 1.49. The van der Waals surface area contributed by atoms with Crippen molar-refractivity contribution in [3.63, 3.8) is 0 Å². The van der Waals surface area contributed by atoms with E-state index in [1.54, 1.807) is 6.92 Å². The van der Waals surface area contributed by atoms with Crippen molar-refractivity contribution < 1.29 is 18.1 Å². The van der Waals surface area contributed by atoms with Crippen LogP contribution >= 0.6 is 0 Å². The number of carbonyl (C=O) groups excluding carboxylic acids is 1. The highest BCUT2D eigenvalue weighted by molar-refractivity contribution is 5.99. The molecule has 0 unspecified atom stereocenters. The molecule has 19 heavy (non-hydrogen) atoms. The first-order valence-electron chi connectivity index (χ1n) is 5.29. The number of rotatable bonds is 3. The van der Waals surface area contributed by atoms with Crippen molar-refractivity contribution in [3.8, 4) is 0 Å². The number of hydrogen-bond donors (Lipinski definition) is 2. The van der Waals surface area contributed by atoms with E-state index in [-0.39, 0.29) is 23.7 Å². The number of aromatic nitrogens is 2. The van der Waals surface area contributed by atoms with Gasteiger partial charge in [-0.2, -0.15) is 4.98 Å². The molecule has 2 aromatic rings. The Morgan fingerprint density at radius 2 is 2.11 bits per heavy atom. The van der Waals surface area contributed by atoms with Gasteiger partial charge in [0.15, 0.2) is 17.5 Å². The van der Waals surface area contributed by atoms with Crippen LogP contribution in [0.5, 0.6) is 0 Å². The molecular formula is C11H10F2N4O2. The van der Waals surface area contributed by atoms with Crippen LogP contribution in [0.3, 0.4) is 0 Å². The molecule has 8 heteroatoms. The second-order valence-electron chi connectivity index (χ2n) is 3.77. The van der Waals surface area contributed by atoms with Crippen molar-refractivity contribution >= 4 is 11.6 Å². The van der Waals surface area contributed by atoms with Crippen molar-refractivity contribution in [1.29, 1.82) is 0 Å². The zero-order valence-corrected chi connectivity index (χ0v) is 9.91. The molecule has 0 bridgehead atoms. The minimum absolute atomic E-state index is 0.0297. The second-order valence-corrected chi connectivity index (χ2v) is 3.77. The van der Waals surface area contributed by atoms with E-state index < -0.39 is 17.5 Å². The van der Waals surface area contributed by atoms with Crippen molar-refractivity contribution in [1.82, 2.24) is 15.5 Å². The average Bonchev–Trinajstić information content (AvgIpc) is 2.77. The van der Waals surface area contributed by atoms with Gasteiger partial charge in [0, 0.05) is 11.8 Å². The summed E-state index contributed by atoms with van der Waals surface area (Å²) in [5.74, 6) is -2.29. The quantitative estimate of drug-likeness (QED) is 0.815. The molecule has 0 fully saturated rings. The molecule has 0 aliphatic heterocycles. The van der Waals surface area contributed by atoms with Crippen molar-refractivity contribution in [3.05, 3.63) is 41.0 Å². The van der Waals surface area contributed by atoms with Crippen LogP contribution in [0.2, 0.25) is 0 Å². The van der Waals surface area contributed by atoms with Crippen LogP contribution in [0.4, 0.5) is 14.5 Å². The Balaban J connectivity index is 2.10. The smallest absolute Gasteiger partial charge is 0.253 e. The first-order chi connectivity index (χ1) is 8.97. The van der Waals surface area contributed by atoms with E-state index in [1.807, 2.05) is 0 Å². The van der Waals surface area contributed by atoms with Gasteiger partial charge in [-0.15, -0.1) is 0 Å². The van der Waals surface area contributed by atoms with Gasteiger partial charge in [-0.25, -0.2) is 8.78 Å². The number of aryl methyl sites for hydroxylation is 1. The number of carbonyl (C=O) groups is 1. The molecule has 1 aromatic heterocycles. The molecular weight excluding hydrogens is 258 g/mol. The van der Waals surface area contributed by atoms with Gasteiger partial charge >= 0.3 is 0 Å². The van der Waals surface area contributed by atoms with Gasteiger partial charge in [0.25, 0.3) is 5.91 Å². The highest BCUT2D eigenvalue weighted by Gasteiger charge is 2.15. The van der Waals surface area contributed by atoms with E-state index in [1.165, 1.54) is 0 Å². The molecule has 0 spiro atoms. The summed E-state index contributed by atoms with van der Waals surface area (Å²) in [6.07, 6.45) is 0. The monoisotopic (exact) mass is 268 g/mol. The van der Waals surface area contributed by atoms with Crippen LogP contribution in [0, 0.1) is 18.6 Å². The Labute approximate surface area is 106 Å². The van der Waals surface area contributed by atoms with Crippen LogP contribution in [0.15, 0.2) is 16.7 Å². The third-order valence-electron chi connectivity index (χ3n) is 2.31. The number of nitrogens with two attached hydrogens (primary N) is 1. The lowest BCUT2D eigenvalue weighted by atomic mass is 10.1. The van der Waals surface area contributed by atoms with Gasteiger partial charge in [0.2, 0.25) is 5.89 Å². The lowest BCUT2D eigenvalue weighted by Crippen LogP contribution is -2.24. The number of halogens is 2. The van der Waals surface area contributed by atoms with Crippen LogP contribution in [-0.4, -0.2) is 16.0 Å². The maximum Gasteiger partial charge on any atom is 0.253 e. The van der Waals surface area contributed by atoms with Gasteiger partial charge < -0.3 is 15.6 Å².